The van der Waals surface area contributed by atoms with Gasteiger partial charge in [0.25, 0.3) is 0 Å². The molecule has 0 aliphatic rings. The fourth-order valence-corrected chi connectivity index (χ4v) is 3.05. The van der Waals surface area contributed by atoms with E-state index in [4.69, 9.17) is 4.74 Å². The molecule has 0 amide bonds. The lowest BCUT2D eigenvalue weighted by Crippen LogP contribution is -2.22. The first-order valence-corrected chi connectivity index (χ1v) is 8.62. The maximum absolute atomic E-state index is 12.2. The molecule has 0 aliphatic heterocycles. The molecule has 0 radical (unpaired) electrons. The summed E-state index contributed by atoms with van der Waals surface area (Å²) in [6, 6.07) is 6.59. The van der Waals surface area contributed by atoms with Gasteiger partial charge in [-0.3, -0.25) is 4.21 Å². The van der Waals surface area contributed by atoms with Crippen molar-refractivity contribution in [1.29, 1.82) is 0 Å². The molecule has 2 unspecified atom stereocenters. The van der Waals surface area contributed by atoms with Crippen molar-refractivity contribution in [3.8, 4) is 5.75 Å². The summed E-state index contributed by atoms with van der Waals surface area (Å²) in [5.74, 6) is 1.39. The fourth-order valence-electron chi connectivity index (χ4n) is 1.86. The molecule has 0 saturated heterocycles. The maximum atomic E-state index is 12.2. The topological polar surface area (TPSA) is 38.3 Å². The van der Waals surface area contributed by atoms with Crippen molar-refractivity contribution in [1.82, 2.24) is 5.32 Å². The van der Waals surface area contributed by atoms with E-state index in [2.05, 4.69) is 38.2 Å². The van der Waals surface area contributed by atoms with Crippen molar-refractivity contribution in [3.05, 3.63) is 29.3 Å². The molecule has 0 saturated carbocycles. The average molecular weight is 297 g/mol. The SMILES string of the molecule is CCC(C)S(=O)Cc1cc(CNC(C)C)ccc1OC. The number of hydrogen-bond donors (Lipinski definition) is 1. The van der Waals surface area contributed by atoms with E-state index in [0.717, 1.165) is 24.3 Å². The normalized spacial score (nSPS) is 14.3. The van der Waals surface area contributed by atoms with Crippen LogP contribution >= 0.6 is 0 Å². The van der Waals surface area contributed by atoms with Crippen molar-refractivity contribution < 1.29 is 8.95 Å². The van der Waals surface area contributed by atoms with Gasteiger partial charge in [-0.05, 0) is 24.1 Å². The standard InChI is InChI=1S/C16H27NO2S/c1-6-13(4)20(18)11-15-9-14(10-17-12(2)3)7-8-16(15)19-5/h7-9,12-13,17H,6,10-11H2,1-5H3. The first kappa shape index (κ1) is 17.2. The highest BCUT2D eigenvalue weighted by Crippen LogP contribution is 2.23. The van der Waals surface area contributed by atoms with E-state index in [-0.39, 0.29) is 5.25 Å². The second kappa shape index (κ2) is 8.42. The third-order valence-electron chi connectivity index (χ3n) is 3.38. The molecule has 0 bridgehead atoms. The van der Waals surface area contributed by atoms with E-state index >= 15 is 0 Å². The van der Waals surface area contributed by atoms with E-state index in [1.807, 2.05) is 13.0 Å². The monoisotopic (exact) mass is 297 g/mol. The molecule has 0 aromatic heterocycles. The molecule has 0 heterocycles. The number of nitrogens with one attached hydrogen (secondary N) is 1. The Balaban J connectivity index is 2.85. The zero-order valence-corrected chi connectivity index (χ0v) is 14.0. The Morgan fingerprint density at radius 2 is 2.00 bits per heavy atom. The Bertz CT molecular complexity index is 446. The van der Waals surface area contributed by atoms with Gasteiger partial charge in [0.15, 0.2) is 0 Å². The van der Waals surface area contributed by atoms with Gasteiger partial charge in [-0.15, -0.1) is 0 Å². The summed E-state index contributed by atoms with van der Waals surface area (Å²) in [6.07, 6.45) is 0.934. The summed E-state index contributed by atoms with van der Waals surface area (Å²) in [6.45, 7) is 9.19. The molecule has 1 aromatic carbocycles. The molecule has 114 valence electrons. The van der Waals surface area contributed by atoms with Gasteiger partial charge in [-0.25, -0.2) is 0 Å². The van der Waals surface area contributed by atoms with Crippen molar-refractivity contribution >= 4 is 10.8 Å². The van der Waals surface area contributed by atoms with Crippen molar-refractivity contribution in [2.75, 3.05) is 7.11 Å². The Hall–Kier alpha value is -0.870. The van der Waals surface area contributed by atoms with Gasteiger partial charge >= 0.3 is 0 Å². The molecule has 20 heavy (non-hydrogen) atoms. The van der Waals surface area contributed by atoms with E-state index in [1.165, 1.54) is 5.56 Å². The van der Waals surface area contributed by atoms with Crippen LogP contribution in [0.5, 0.6) is 5.75 Å². The van der Waals surface area contributed by atoms with Crippen molar-refractivity contribution in [3.63, 3.8) is 0 Å². The number of rotatable bonds is 8. The predicted molar refractivity (Wildman–Crippen MR) is 86.6 cm³/mol. The molecule has 1 N–H and O–H groups in total. The van der Waals surface area contributed by atoms with Crippen LogP contribution in [0.3, 0.4) is 0 Å². The molecular weight excluding hydrogens is 270 g/mol. The zero-order valence-electron chi connectivity index (χ0n) is 13.2. The average Bonchev–Trinajstić information content (AvgIpc) is 2.44. The second-order valence-electron chi connectivity index (χ2n) is 5.43. The summed E-state index contributed by atoms with van der Waals surface area (Å²) < 4.78 is 17.6. The summed E-state index contributed by atoms with van der Waals surface area (Å²) >= 11 is 0. The Morgan fingerprint density at radius 3 is 2.55 bits per heavy atom. The van der Waals surface area contributed by atoms with Crippen LogP contribution in [-0.2, 0) is 23.1 Å². The van der Waals surface area contributed by atoms with Crippen LogP contribution in [-0.4, -0.2) is 22.6 Å². The minimum atomic E-state index is -0.849. The molecular formula is C16H27NO2S. The van der Waals surface area contributed by atoms with E-state index in [9.17, 15) is 4.21 Å². The van der Waals surface area contributed by atoms with Crippen LogP contribution in [0, 0.1) is 0 Å². The number of hydrogen-bond acceptors (Lipinski definition) is 3. The Labute approximate surface area is 125 Å². The summed E-state index contributed by atoms with van der Waals surface area (Å²) in [4.78, 5) is 0. The van der Waals surface area contributed by atoms with E-state index in [0.29, 0.717) is 11.8 Å². The lowest BCUT2D eigenvalue weighted by atomic mass is 10.1. The highest BCUT2D eigenvalue weighted by Gasteiger charge is 2.13. The zero-order chi connectivity index (χ0) is 15.1. The molecule has 2 atom stereocenters. The van der Waals surface area contributed by atoms with Gasteiger partial charge in [0.1, 0.15) is 5.75 Å². The summed E-state index contributed by atoms with van der Waals surface area (Å²) in [5.41, 5.74) is 2.24. The van der Waals surface area contributed by atoms with Crippen LogP contribution in [0.15, 0.2) is 18.2 Å². The van der Waals surface area contributed by atoms with E-state index in [1.54, 1.807) is 7.11 Å². The number of benzene rings is 1. The van der Waals surface area contributed by atoms with Crippen LogP contribution in [0.25, 0.3) is 0 Å². The number of ether oxygens (including phenoxy) is 1. The van der Waals surface area contributed by atoms with Gasteiger partial charge in [0, 0.05) is 34.2 Å². The molecule has 4 heteroatoms. The summed E-state index contributed by atoms with van der Waals surface area (Å²) in [5, 5.41) is 3.62. The van der Waals surface area contributed by atoms with Crippen LogP contribution < -0.4 is 10.1 Å². The van der Waals surface area contributed by atoms with Gasteiger partial charge in [0.05, 0.1) is 12.9 Å². The number of methoxy groups -OCH3 is 1. The molecule has 0 fully saturated rings. The Kier molecular flexibility index (Phi) is 7.24. The Morgan fingerprint density at radius 1 is 1.30 bits per heavy atom. The molecule has 0 spiro atoms. The molecule has 1 aromatic rings. The highest BCUT2D eigenvalue weighted by atomic mass is 32.2. The minimum Gasteiger partial charge on any atom is -0.496 e. The molecule has 0 aliphatic carbocycles. The summed E-state index contributed by atoms with van der Waals surface area (Å²) in [7, 11) is 0.815. The van der Waals surface area contributed by atoms with E-state index < -0.39 is 10.8 Å². The fraction of sp³-hybridized carbons (Fsp3) is 0.625. The molecule has 3 nitrogen and oxygen atoms in total. The minimum absolute atomic E-state index is 0.220. The smallest absolute Gasteiger partial charge is 0.123 e. The largest absolute Gasteiger partial charge is 0.496 e. The first-order valence-electron chi connectivity index (χ1n) is 7.24. The van der Waals surface area contributed by atoms with Gasteiger partial charge in [-0.2, -0.15) is 0 Å². The third kappa shape index (κ3) is 5.25. The highest BCUT2D eigenvalue weighted by molar-refractivity contribution is 7.84. The maximum Gasteiger partial charge on any atom is 0.123 e. The van der Waals surface area contributed by atoms with Crippen molar-refractivity contribution in [2.45, 2.75) is 57.7 Å². The molecule has 1 rings (SSSR count). The van der Waals surface area contributed by atoms with Gasteiger partial charge in [-0.1, -0.05) is 33.8 Å². The predicted octanol–water partition coefficient (Wildman–Crippen LogP) is 3.24. The lowest BCUT2D eigenvalue weighted by molar-refractivity contribution is 0.411. The van der Waals surface area contributed by atoms with Gasteiger partial charge < -0.3 is 10.1 Å². The third-order valence-corrected chi connectivity index (χ3v) is 5.21. The lowest BCUT2D eigenvalue weighted by Gasteiger charge is -2.14. The quantitative estimate of drug-likeness (QED) is 0.800. The van der Waals surface area contributed by atoms with Crippen LogP contribution in [0.4, 0.5) is 0 Å². The van der Waals surface area contributed by atoms with Crippen LogP contribution in [0.1, 0.15) is 45.2 Å². The first-order chi connectivity index (χ1) is 9.47. The second-order valence-corrected chi connectivity index (χ2v) is 7.28. The van der Waals surface area contributed by atoms with Gasteiger partial charge in [0.2, 0.25) is 0 Å². The van der Waals surface area contributed by atoms with Crippen molar-refractivity contribution in [2.24, 2.45) is 0 Å². The van der Waals surface area contributed by atoms with Crippen LogP contribution in [0.2, 0.25) is 0 Å².